The maximum Gasteiger partial charge on any atom is 0.302 e. The highest BCUT2D eigenvalue weighted by Crippen LogP contribution is 2.30. The van der Waals surface area contributed by atoms with Gasteiger partial charge in [-0.2, -0.15) is 0 Å². The number of carbonyl (C=O) groups is 1. The van der Waals surface area contributed by atoms with E-state index >= 15 is 0 Å². The largest absolute Gasteiger partial charge is 0.463 e. The number of carbonyl (C=O) groups excluding carboxylic acids is 1. The Morgan fingerprint density at radius 1 is 0.917 bits per heavy atom. The van der Waals surface area contributed by atoms with Crippen LogP contribution in [0.1, 0.15) is 30.9 Å². The first kappa shape index (κ1) is 18.1. The highest BCUT2D eigenvalue weighted by molar-refractivity contribution is 5.65. The highest BCUT2D eigenvalue weighted by atomic mass is 19.1. The van der Waals surface area contributed by atoms with Crippen molar-refractivity contribution in [1.29, 1.82) is 0 Å². The molecule has 0 bridgehead atoms. The number of benzene rings is 2. The molecule has 0 radical (unpaired) electrons. The summed E-state index contributed by atoms with van der Waals surface area (Å²) in [4.78, 5) is 10.8. The number of ether oxygens (including phenoxy) is 2. The van der Waals surface area contributed by atoms with E-state index in [1.807, 2.05) is 6.92 Å². The summed E-state index contributed by atoms with van der Waals surface area (Å²) in [6, 6.07) is 12.3. The van der Waals surface area contributed by atoms with Crippen LogP contribution in [0.2, 0.25) is 0 Å². The lowest BCUT2D eigenvalue weighted by Gasteiger charge is -2.25. The first-order chi connectivity index (χ1) is 11.5. The van der Waals surface area contributed by atoms with Gasteiger partial charge in [-0.3, -0.25) is 4.79 Å². The molecule has 0 aliphatic carbocycles. The van der Waals surface area contributed by atoms with E-state index < -0.39 is 0 Å². The Morgan fingerprint density at radius 2 is 1.38 bits per heavy atom. The van der Waals surface area contributed by atoms with Crippen molar-refractivity contribution in [3.05, 3.63) is 71.3 Å². The number of rotatable bonds is 7. The lowest BCUT2D eigenvalue weighted by molar-refractivity contribution is -0.143. The van der Waals surface area contributed by atoms with Crippen LogP contribution in [0.15, 0.2) is 48.5 Å². The fourth-order valence-corrected chi connectivity index (χ4v) is 2.59. The maximum atomic E-state index is 13.2. The fraction of sp³-hybridized carbons (Fsp3) is 0.316. The third kappa shape index (κ3) is 5.13. The van der Waals surface area contributed by atoms with Crippen molar-refractivity contribution in [1.82, 2.24) is 0 Å². The van der Waals surface area contributed by atoms with Crippen molar-refractivity contribution in [2.45, 2.75) is 25.9 Å². The highest BCUT2D eigenvalue weighted by Gasteiger charge is 2.22. The fourth-order valence-electron chi connectivity index (χ4n) is 2.59. The molecule has 0 N–H and O–H groups in total. The summed E-state index contributed by atoms with van der Waals surface area (Å²) >= 11 is 0. The SMILES string of the molecule is CC(=O)OCCO[C@@H](C)C(c1ccc(F)cc1)c1ccc(F)cc1. The van der Waals surface area contributed by atoms with Crippen LogP contribution in [0.5, 0.6) is 0 Å². The number of hydrogen-bond donors (Lipinski definition) is 0. The molecule has 0 amide bonds. The van der Waals surface area contributed by atoms with Crippen molar-refractivity contribution in [3.8, 4) is 0 Å². The second-order valence-corrected chi connectivity index (χ2v) is 5.50. The monoisotopic (exact) mass is 334 g/mol. The van der Waals surface area contributed by atoms with Gasteiger partial charge in [0.15, 0.2) is 0 Å². The van der Waals surface area contributed by atoms with Crippen LogP contribution >= 0.6 is 0 Å². The first-order valence-electron chi connectivity index (χ1n) is 7.73. The molecule has 0 spiro atoms. The number of halogens is 2. The minimum atomic E-state index is -0.361. The van der Waals surface area contributed by atoms with Crippen LogP contribution in [-0.2, 0) is 14.3 Å². The summed E-state index contributed by atoms with van der Waals surface area (Å²) in [5, 5.41) is 0. The van der Waals surface area contributed by atoms with Crippen LogP contribution in [0.3, 0.4) is 0 Å². The zero-order valence-corrected chi connectivity index (χ0v) is 13.7. The molecule has 2 aromatic rings. The van der Waals surface area contributed by atoms with Crippen molar-refractivity contribution in [2.24, 2.45) is 0 Å². The maximum absolute atomic E-state index is 13.2. The van der Waals surface area contributed by atoms with Gasteiger partial charge < -0.3 is 9.47 Å². The molecule has 24 heavy (non-hydrogen) atoms. The smallest absolute Gasteiger partial charge is 0.302 e. The second kappa shape index (κ2) is 8.55. The summed E-state index contributed by atoms with van der Waals surface area (Å²) in [5.74, 6) is -1.19. The lowest BCUT2D eigenvalue weighted by atomic mass is 9.87. The van der Waals surface area contributed by atoms with E-state index in [9.17, 15) is 13.6 Å². The molecule has 0 aliphatic heterocycles. The molecule has 2 aromatic carbocycles. The summed E-state index contributed by atoms with van der Waals surface area (Å²) in [6.07, 6.45) is -0.267. The predicted octanol–water partition coefficient (Wildman–Crippen LogP) is 4.06. The van der Waals surface area contributed by atoms with E-state index in [0.717, 1.165) is 11.1 Å². The lowest BCUT2D eigenvalue weighted by Crippen LogP contribution is -2.22. The molecule has 0 saturated carbocycles. The van der Waals surface area contributed by atoms with Gasteiger partial charge in [-0.05, 0) is 42.3 Å². The summed E-state index contributed by atoms with van der Waals surface area (Å²) in [7, 11) is 0. The van der Waals surface area contributed by atoms with Gasteiger partial charge in [-0.15, -0.1) is 0 Å². The summed E-state index contributed by atoms with van der Waals surface area (Å²) in [5.41, 5.74) is 1.73. The molecule has 2 rings (SSSR count). The molecule has 0 unspecified atom stereocenters. The van der Waals surface area contributed by atoms with E-state index in [0.29, 0.717) is 0 Å². The average molecular weight is 334 g/mol. The van der Waals surface area contributed by atoms with Gasteiger partial charge in [0, 0.05) is 12.8 Å². The van der Waals surface area contributed by atoms with Crippen LogP contribution in [-0.4, -0.2) is 25.3 Å². The average Bonchev–Trinajstić information content (AvgIpc) is 2.55. The zero-order chi connectivity index (χ0) is 17.5. The summed E-state index contributed by atoms with van der Waals surface area (Å²) < 4.78 is 37.0. The van der Waals surface area contributed by atoms with Crippen molar-refractivity contribution in [3.63, 3.8) is 0 Å². The standard InChI is InChI=1S/C19H20F2O3/c1-13(23-11-12-24-14(2)22)19(15-3-7-17(20)8-4-15)16-5-9-18(21)10-6-16/h3-10,13,19H,11-12H2,1-2H3/t13-/m0/s1. The van der Waals surface area contributed by atoms with E-state index in [-0.39, 0.29) is 42.8 Å². The van der Waals surface area contributed by atoms with Gasteiger partial charge in [0.1, 0.15) is 18.2 Å². The number of esters is 1. The normalized spacial score (nSPS) is 12.2. The second-order valence-electron chi connectivity index (χ2n) is 5.50. The van der Waals surface area contributed by atoms with Crippen LogP contribution < -0.4 is 0 Å². The Hall–Kier alpha value is -2.27. The van der Waals surface area contributed by atoms with Gasteiger partial charge in [-0.25, -0.2) is 8.78 Å². The van der Waals surface area contributed by atoms with Gasteiger partial charge in [0.05, 0.1) is 12.7 Å². The van der Waals surface area contributed by atoms with Crippen molar-refractivity contribution < 1.29 is 23.0 Å². The molecule has 0 heterocycles. The van der Waals surface area contributed by atoms with Gasteiger partial charge in [-0.1, -0.05) is 24.3 Å². The van der Waals surface area contributed by atoms with E-state index in [2.05, 4.69) is 0 Å². The first-order valence-corrected chi connectivity index (χ1v) is 7.73. The molecule has 0 aromatic heterocycles. The molecular formula is C19H20F2O3. The minimum Gasteiger partial charge on any atom is -0.463 e. The molecule has 0 aliphatic rings. The van der Waals surface area contributed by atoms with E-state index in [4.69, 9.17) is 9.47 Å². The summed E-state index contributed by atoms with van der Waals surface area (Å²) in [6.45, 7) is 3.63. The Bertz CT molecular complexity index is 608. The molecule has 1 atom stereocenters. The van der Waals surface area contributed by atoms with Gasteiger partial charge in [0.2, 0.25) is 0 Å². The van der Waals surface area contributed by atoms with Crippen molar-refractivity contribution >= 4 is 5.97 Å². The van der Waals surface area contributed by atoms with E-state index in [1.54, 1.807) is 24.3 Å². The third-order valence-corrected chi connectivity index (χ3v) is 3.70. The Labute approximate surface area is 140 Å². The quantitative estimate of drug-likeness (QED) is 0.566. The van der Waals surface area contributed by atoms with Crippen molar-refractivity contribution in [2.75, 3.05) is 13.2 Å². The molecule has 3 nitrogen and oxygen atoms in total. The zero-order valence-electron chi connectivity index (χ0n) is 13.7. The van der Waals surface area contributed by atoms with Crippen LogP contribution in [0, 0.1) is 11.6 Å². The Morgan fingerprint density at radius 3 is 1.79 bits per heavy atom. The van der Waals surface area contributed by atoms with Crippen LogP contribution in [0.25, 0.3) is 0 Å². The van der Waals surface area contributed by atoms with Gasteiger partial charge >= 0.3 is 5.97 Å². The molecule has 128 valence electrons. The molecule has 0 fully saturated rings. The molecule has 0 saturated heterocycles. The number of hydrogen-bond acceptors (Lipinski definition) is 3. The molecule has 5 heteroatoms. The van der Waals surface area contributed by atoms with E-state index in [1.165, 1.54) is 31.2 Å². The topological polar surface area (TPSA) is 35.5 Å². The third-order valence-electron chi connectivity index (χ3n) is 3.70. The Kier molecular flexibility index (Phi) is 6.44. The Balaban J connectivity index is 2.17. The van der Waals surface area contributed by atoms with Crippen LogP contribution in [0.4, 0.5) is 8.78 Å². The predicted molar refractivity (Wildman–Crippen MR) is 86.7 cm³/mol. The minimum absolute atomic E-state index is 0.166. The van der Waals surface area contributed by atoms with Gasteiger partial charge in [0.25, 0.3) is 0 Å². The molecular weight excluding hydrogens is 314 g/mol.